The van der Waals surface area contributed by atoms with Gasteiger partial charge in [0.15, 0.2) is 0 Å². The van der Waals surface area contributed by atoms with E-state index < -0.39 is 22.0 Å². The number of methoxy groups -OCH3 is 1. The van der Waals surface area contributed by atoms with Crippen molar-refractivity contribution in [2.24, 2.45) is 0 Å². The number of halogens is 1. The Hall–Kier alpha value is -2.22. The number of ether oxygens (including phenoxy) is 1. The number of rotatable bonds is 5. The fraction of sp³-hybridized carbons (Fsp3) is 0.562. The molecule has 7 nitrogen and oxygen atoms in total. The van der Waals surface area contributed by atoms with E-state index in [9.17, 15) is 19.3 Å². The van der Waals surface area contributed by atoms with Gasteiger partial charge in [0.05, 0.1) is 17.7 Å². The zero-order chi connectivity index (χ0) is 17.3. The van der Waals surface area contributed by atoms with E-state index in [1.165, 1.54) is 19.2 Å². The highest BCUT2D eigenvalue weighted by atomic mass is 19.1. The van der Waals surface area contributed by atoms with E-state index in [4.69, 9.17) is 4.74 Å². The van der Waals surface area contributed by atoms with Gasteiger partial charge in [-0.2, -0.15) is 4.39 Å². The normalized spacial score (nSPS) is 20.4. The zero-order valence-corrected chi connectivity index (χ0v) is 13.5. The van der Waals surface area contributed by atoms with Gasteiger partial charge in [-0.15, -0.1) is 0 Å². The average Bonchev–Trinajstić information content (AvgIpc) is 3.38. The zero-order valence-electron chi connectivity index (χ0n) is 13.5. The minimum absolute atomic E-state index is 0.0196. The third-order valence-corrected chi connectivity index (χ3v) is 4.92. The van der Waals surface area contributed by atoms with Crippen LogP contribution < -0.4 is 5.32 Å². The Morgan fingerprint density at radius 2 is 2.08 bits per heavy atom. The number of hydrogen-bond donors (Lipinski definition) is 1. The van der Waals surface area contributed by atoms with Crippen LogP contribution in [0.4, 0.5) is 15.8 Å². The molecular formula is C16H20FN3O4. The third kappa shape index (κ3) is 2.93. The van der Waals surface area contributed by atoms with E-state index in [2.05, 4.69) is 10.2 Å². The highest BCUT2D eigenvalue weighted by Crippen LogP contribution is 2.44. The lowest BCUT2D eigenvalue weighted by Crippen LogP contribution is -2.50. The molecule has 0 bridgehead atoms. The summed E-state index contributed by atoms with van der Waals surface area (Å²) < 4.78 is 19.0. The molecule has 0 spiro atoms. The van der Waals surface area contributed by atoms with Crippen LogP contribution in [-0.4, -0.2) is 47.6 Å². The lowest BCUT2D eigenvalue weighted by molar-refractivity contribution is -0.387. The number of esters is 1. The number of nitro benzene ring substituents is 1. The number of benzene rings is 1. The summed E-state index contributed by atoms with van der Waals surface area (Å²) in [6.07, 6.45) is 3.11. The maximum absolute atomic E-state index is 14.1. The number of likely N-dealkylation sites (tertiary alicyclic amines) is 1. The van der Waals surface area contributed by atoms with Crippen LogP contribution in [0.3, 0.4) is 0 Å². The predicted octanol–water partition coefficient (Wildman–Crippen LogP) is 2.32. The topological polar surface area (TPSA) is 84.7 Å². The van der Waals surface area contributed by atoms with Gasteiger partial charge in [0.1, 0.15) is 5.54 Å². The standard InChI is InChI=1S/C16H20FN3O4/c1-24-15(21)16(7-8-16)19-9-5-11(6-10-19)18-12-3-2-4-13(14(12)17)20(22)23/h2-4,11,18H,5-10H2,1H3. The average molecular weight is 337 g/mol. The van der Waals surface area contributed by atoms with Crippen molar-refractivity contribution < 1.29 is 18.8 Å². The number of nitrogens with one attached hydrogen (secondary N) is 1. The second-order valence-electron chi connectivity index (χ2n) is 6.32. The molecular weight excluding hydrogens is 317 g/mol. The van der Waals surface area contributed by atoms with Crippen molar-refractivity contribution in [2.45, 2.75) is 37.3 Å². The summed E-state index contributed by atoms with van der Waals surface area (Å²) in [5.74, 6) is -1.02. The lowest BCUT2D eigenvalue weighted by Gasteiger charge is -2.37. The minimum Gasteiger partial charge on any atom is -0.468 e. The van der Waals surface area contributed by atoms with Gasteiger partial charge in [0.25, 0.3) is 0 Å². The van der Waals surface area contributed by atoms with Crippen molar-refractivity contribution in [1.82, 2.24) is 4.90 Å². The molecule has 2 fully saturated rings. The monoisotopic (exact) mass is 337 g/mol. The summed E-state index contributed by atoms with van der Waals surface area (Å²) in [7, 11) is 1.40. The Kier molecular flexibility index (Phi) is 4.40. The van der Waals surface area contributed by atoms with Crippen molar-refractivity contribution in [3.8, 4) is 0 Å². The molecule has 3 rings (SSSR count). The first-order valence-electron chi connectivity index (χ1n) is 8.01. The number of piperidine rings is 1. The fourth-order valence-electron chi connectivity index (χ4n) is 3.40. The third-order valence-electron chi connectivity index (χ3n) is 4.92. The Bertz CT molecular complexity index is 655. The van der Waals surface area contributed by atoms with Gasteiger partial charge < -0.3 is 10.1 Å². The number of carbonyl (C=O) groups is 1. The van der Waals surface area contributed by atoms with Gasteiger partial charge >= 0.3 is 11.7 Å². The first-order chi connectivity index (χ1) is 11.5. The molecule has 1 aliphatic heterocycles. The molecule has 1 aromatic carbocycles. The molecule has 24 heavy (non-hydrogen) atoms. The molecule has 1 N–H and O–H groups in total. The minimum atomic E-state index is -0.835. The van der Waals surface area contributed by atoms with Crippen LogP contribution >= 0.6 is 0 Å². The summed E-state index contributed by atoms with van der Waals surface area (Å²) in [6.45, 7) is 1.42. The first kappa shape index (κ1) is 16.6. The van der Waals surface area contributed by atoms with E-state index in [1.807, 2.05) is 0 Å². The number of nitro groups is 1. The molecule has 1 saturated carbocycles. The van der Waals surface area contributed by atoms with E-state index in [0.717, 1.165) is 31.7 Å². The van der Waals surface area contributed by atoms with E-state index >= 15 is 0 Å². The van der Waals surface area contributed by atoms with Crippen LogP contribution in [0.2, 0.25) is 0 Å². The SMILES string of the molecule is COC(=O)C1(N2CCC(Nc3cccc([N+](=O)[O-])c3F)CC2)CC1. The highest BCUT2D eigenvalue weighted by molar-refractivity contribution is 5.84. The van der Waals surface area contributed by atoms with Crippen LogP contribution in [0.5, 0.6) is 0 Å². The maximum Gasteiger partial charge on any atom is 0.326 e. The van der Waals surface area contributed by atoms with Crippen LogP contribution in [0.15, 0.2) is 18.2 Å². The fourth-order valence-corrected chi connectivity index (χ4v) is 3.40. The molecule has 130 valence electrons. The second-order valence-corrected chi connectivity index (χ2v) is 6.32. The van der Waals surface area contributed by atoms with Crippen LogP contribution in [0.1, 0.15) is 25.7 Å². The molecule has 0 atom stereocenters. The molecule has 8 heteroatoms. The number of nitrogens with zero attached hydrogens (tertiary/aromatic N) is 2. The largest absolute Gasteiger partial charge is 0.468 e. The molecule has 1 aliphatic carbocycles. The van der Waals surface area contributed by atoms with Gasteiger partial charge in [-0.05, 0) is 31.7 Å². The molecule has 0 amide bonds. The van der Waals surface area contributed by atoms with E-state index in [0.29, 0.717) is 13.1 Å². The van der Waals surface area contributed by atoms with Crippen molar-refractivity contribution in [3.05, 3.63) is 34.1 Å². The van der Waals surface area contributed by atoms with Crippen LogP contribution in [-0.2, 0) is 9.53 Å². The summed E-state index contributed by atoms with van der Waals surface area (Å²) in [4.78, 5) is 24.1. The van der Waals surface area contributed by atoms with Crippen LogP contribution in [0.25, 0.3) is 0 Å². The van der Waals surface area contributed by atoms with Crippen LogP contribution in [0, 0.1) is 15.9 Å². The molecule has 1 heterocycles. The van der Waals surface area contributed by atoms with Crippen molar-refractivity contribution in [2.75, 3.05) is 25.5 Å². The highest BCUT2D eigenvalue weighted by Gasteiger charge is 2.56. The number of carbonyl (C=O) groups excluding carboxylic acids is 1. The molecule has 2 aliphatic rings. The Morgan fingerprint density at radius 3 is 2.62 bits per heavy atom. The summed E-state index contributed by atoms with van der Waals surface area (Å²) in [5.41, 5.74) is -0.840. The number of anilines is 1. The van der Waals surface area contributed by atoms with Crippen molar-refractivity contribution in [1.29, 1.82) is 0 Å². The van der Waals surface area contributed by atoms with Gasteiger partial charge in [-0.3, -0.25) is 19.8 Å². The van der Waals surface area contributed by atoms with Gasteiger partial charge in [-0.1, -0.05) is 6.07 Å². The Morgan fingerprint density at radius 1 is 1.42 bits per heavy atom. The quantitative estimate of drug-likeness (QED) is 0.504. The van der Waals surface area contributed by atoms with Crippen molar-refractivity contribution >= 4 is 17.3 Å². The van der Waals surface area contributed by atoms with Gasteiger partial charge in [0.2, 0.25) is 5.82 Å². The molecule has 1 saturated heterocycles. The van der Waals surface area contributed by atoms with Gasteiger partial charge in [0, 0.05) is 25.2 Å². The maximum atomic E-state index is 14.1. The second kappa shape index (κ2) is 6.35. The first-order valence-corrected chi connectivity index (χ1v) is 8.01. The molecule has 0 radical (unpaired) electrons. The van der Waals surface area contributed by atoms with Gasteiger partial charge in [-0.25, -0.2) is 0 Å². The number of hydrogen-bond acceptors (Lipinski definition) is 6. The van der Waals surface area contributed by atoms with Crippen molar-refractivity contribution in [3.63, 3.8) is 0 Å². The molecule has 0 aromatic heterocycles. The molecule has 1 aromatic rings. The van der Waals surface area contributed by atoms with E-state index in [1.54, 1.807) is 0 Å². The smallest absolute Gasteiger partial charge is 0.326 e. The predicted molar refractivity (Wildman–Crippen MR) is 85.3 cm³/mol. The summed E-state index contributed by atoms with van der Waals surface area (Å²) >= 11 is 0. The summed E-state index contributed by atoms with van der Waals surface area (Å²) in [6, 6.07) is 4.14. The summed E-state index contributed by atoms with van der Waals surface area (Å²) in [5, 5.41) is 13.9. The lowest BCUT2D eigenvalue weighted by atomic mass is 10.0. The molecule has 0 unspecified atom stereocenters. The van der Waals surface area contributed by atoms with E-state index in [-0.39, 0.29) is 17.7 Å². The Labute approximate surface area is 138 Å². The Balaban J connectivity index is 1.61.